The van der Waals surface area contributed by atoms with Crippen LogP contribution in [-0.4, -0.2) is 60.7 Å². The van der Waals surface area contributed by atoms with Crippen LogP contribution >= 0.6 is 0 Å². The first-order valence-electron chi connectivity index (χ1n) is 12.6. The summed E-state index contributed by atoms with van der Waals surface area (Å²) in [7, 11) is 0. The average Bonchev–Trinajstić information content (AvgIpc) is 3.10. The summed E-state index contributed by atoms with van der Waals surface area (Å²) in [6.45, 7) is 8.94. The summed E-state index contributed by atoms with van der Waals surface area (Å²) in [6, 6.07) is 13.2. The zero-order chi connectivity index (χ0) is 26.6. The number of hydrogen-bond acceptors (Lipinski definition) is 9. The van der Waals surface area contributed by atoms with Crippen molar-refractivity contribution in [3.05, 3.63) is 65.9 Å². The largest absolute Gasteiger partial charge is 0.507 e. The van der Waals surface area contributed by atoms with Gasteiger partial charge in [0.1, 0.15) is 18.1 Å². The molecule has 4 aromatic rings. The number of phenolic OH excluding ortho intramolecular Hbond substituents is 1. The Morgan fingerprint density at radius 2 is 1.92 bits per heavy atom. The molecular formula is C28H31N9O. The van der Waals surface area contributed by atoms with Gasteiger partial charge in [-0.25, -0.2) is 9.97 Å². The normalized spacial score (nSPS) is 15.6. The zero-order valence-electron chi connectivity index (χ0n) is 21.8. The highest BCUT2D eigenvalue weighted by molar-refractivity contribution is 5.74. The molecule has 3 aromatic heterocycles. The minimum atomic E-state index is 0.158. The van der Waals surface area contributed by atoms with Gasteiger partial charge >= 0.3 is 0 Å². The number of benzene rings is 1. The van der Waals surface area contributed by atoms with Crippen LogP contribution in [0.3, 0.4) is 0 Å². The second kappa shape index (κ2) is 10.8. The Kier molecular flexibility index (Phi) is 7.09. The molecule has 1 aliphatic rings. The SMILES string of the molecule is Cc1cc(C)n(CC#Cc2nccc(N3CCN(c4cc(-c5ccccc5O)nnc4N)CCC3C)n2)n1. The fraction of sp³-hybridized carbons (Fsp3) is 0.321. The van der Waals surface area contributed by atoms with E-state index in [0.717, 1.165) is 48.9 Å². The van der Waals surface area contributed by atoms with Gasteiger partial charge in [-0.15, -0.1) is 10.2 Å². The lowest BCUT2D eigenvalue weighted by molar-refractivity contribution is 0.477. The molecule has 3 N–H and O–H groups in total. The van der Waals surface area contributed by atoms with E-state index in [9.17, 15) is 5.11 Å². The van der Waals surface area contributed by atoms with E-state index in [-0.39, 0.29) is 11.8 Å². The lowest BCUT2D eigenvalue weighted by atomic mass is 10.1. The molecule has 0 aliphatic carbocycles. The van der Waals surface area contributed by atoms with Crippen molar-refractivity contribution in [3.63, 3.8) is 0 Å². The van der Waals surface area contributed by atoms with Gasteiger partial charge in [-0.3, -0.25) is 4.68 Å². The van der Waals surface area contributed by atoms with Gasteiger partial charge in [-0.1, -0.05) is 18.1 Å². The fourth-order valence-corrected chi connectivity index (χ4v) is 4.70. The molecular weight excluding hydrogens is 478 g/mol. The third kappa shape index (κ3) is 5.37. The molecule has 0 saturated carbocycles. The number of aromatic nitrogens is 6. The molecule has 1 unspecified atom stereocenters. The molecule has 0 radical (unpaired) electrons. The van der Waals surface area contributed by atoms with Crippen LogP contribution in [0.1, 0.15) is 30.6 Å². The van der Waals surface area contributed by atoms with Crippen LogP contribution in [-0.2, 0) is 6.54 Å². The third-order valence-corrected chi connectivity index (χ3v) is 6.75. The molecule has 5 rings (SSSR count). The number of aryl methyl sites for hydroxylation is 2. The molecule has 1 aromatic carbocycles. The van der Waals surface area contributed by atoms with E-state index in [1.54, 1.807) is 18.3 Å². The molecule has 10 nitrogen and oxygen atoms in total. The van der Waals surface area contributed by atoms with Gasteiger partial charge in [0.2, 0.25) is 5.82 Å². The minimum absolute atomic E-state index is 0.158. The van der Waals surface area contributed by atoms with E-state index in [1.807, 2.05) is 48.9 Å². The quantitative estimate of drug-likeness (QED) is 0.399. The maximum atomic E-state index is 10.3. The van der Waals surface area contributed by atoms with E-state index in [4.69, 9.17) is 10.7 Å². The number of para-hydroxylation sites is 1. The second-order valence-electron chi connectivity index (χ2n) is 9.46. The van der Waals surface area contributed by atoms with Crippen molar-refractivity contribution in [2.24, 2.45) is 0 Å². The highest BCUT2D eigenvalue weighted by Crippen LogP contribution is 2.32. The van der Waals surface area contributed by atoms with Gasteiger partial charge < -0.3 is 20.6 Å². The Morgan fingerprint density at radius 3 is 2.71 bits per heavy atom. The third-order valence-electron chi connectivity index (χ3n) is 6.75. The molecule has 1 atom stereocenters. The molecule has 1 aliphatic heterocycles. The van der Waals surface area contributed by atoms with Crippen LogP contribution in [0, 0.1) is 25.7 Å². The molecule has 0 spiro atoms. The van der Waals surface area contributed by atoms with Crippen LogP contribution in [0.2, 0.25) is 0 Å². The van der Waals surface area contributed by atoms with Crippen molar-refractivity contribution in [2.45, 2.75) is 39.8 Å². The first-order chi connectivity index (χ1) is 18.4. The monoisotopic (exact) mass is 509 g/mol. The van der Waals surface area contributed by atoms with Crippen LogP contribution in [0.15, 0.2) is 48.7 Å². The van der Waals surface area contributed by atoms with E-state index < -0.39 is 0 Å². The van der Waals surface area contributed by atoms with Gasteiger partial charge in [0, 0.05) is 43.1 Å². The Labute approximate surface area is 222 Å². The van der Waals surface area contributed by atoms with Crippen LogP contribution in [0.5, 0.6) is 5.75 Å². The maximum absolute atomic E-state index is 10.3. The molecule has 1 saturated heterocycles. The number of rotatable bonds is 4. The molecule has 38 heavy (non-hydrogen) atoms. The van der Waals surface area contributed by atoms with E-state index in [2.05, 4.69) is 48.8 Å². The Morgan fingerprint density at radius 1 is 1.08 bits per heavy atom. The van der Waals surface area contributed by atoms with Crippen molar-refractivity contribution < 1.29 is 5.11 Å². The molecule has 0 bridgehead atoms. The molecule has 10 heteroatoms. The summed E-state index contributed by atoms with van der Waals surface area (Å²) in [5.74, 6) is 8.09. The Hall–Kier alpha value is -4.65. The fourth-order valence-electron chi connectivity index (χ4n) is 4.70. The number of nitrogen functional groups attached to an aromatic ring is 1. The van der Waals surface area contributed by atoms with Gasteiger partial charge in [0.15, 0.2) is 5.82 Å². The average molecular weight is 510 g/mol. The lowest BCUT2D eigenvalue weighted by Gasteiger charge is -2.28. The molecule has 194 valence electrons. The summed E-state index contributed by atoms with van der Waals surface area (Å²) in [6.07, 6.45) is 2.66. The van der Waals surface area contributed by atoms with Crippen molar-refractivity contribution in [1.82, 2.24) is 29.9 Å². The van der Waals surface area contributed by atoms with Gasteiger partial charge in [-0.2, -0.15) is 5.10 Å². The van der Waals surface area contributed by atoms with Crippen LogP contribution in [0.25, 0.3) is 11.3 Å². The summed E-state index contributed by atoms with van der Waals surface area (Å²) >= 11 is 0. The predicted octanol–water partition coefficient (Wildman–Crippen LogP) is 3.19. The lowest BCUT2D eigenvalue weighted by Crippen LogP contribution is -2.35. The second-order valence-corrected chi connectivity index (χ2v) is 9.46. The summed E-state index contributed by atoms with van der Waals surface area (Å²) < 4.78 is 1.88. The van der Waals surface area contributed by atoms with E-state index in [0.29, 0.717) is 29.4 Å². The number of hydrogen-bond donors (Lipinski definition) is 2. The highest BCUT2D eigenvalue weighted by atomic mass is 16.3. The highest BCUT2D eigenvalue weighted by Gasteiger charge is 2.24. The topological polar surface area (TPSA) is 122 Å². The van der Waals surface area contributed by atoms with Crippen molar-refractivity contribution in [1.29, 1.82) is 0 Å². The first kappa shape index (κ1) is 25.0. The van der Waals surface area contributed by atoms with Crippen LogP contribution < -0.4 is 15.5 Å². The molecule has 0 amide bonds. The van der Waals surface area contributed by atoms with Crippen molar-refractivity contribution in [2.75, 3.05) is 35.2 Å². The van der Waals surface area contributed by atoms with Crippen LogP contribution in [0.4, 0.5) is 17.3 Å². The standard InChI is InChI=1S/C28H31N9O/c1-19-17-21(3)37(34-19)13-6-9-26-30-12-10-27(31-26)36-16-15-35(14-11-20(36)2)24-18-23(32-33-28(24)29)22-7-4-5-8-25(22)38/h4-5,7-8,10,12,17-18,20,38H,11,13-16H2,1-3H3,(H2,29,33). The van der Waals surface area contributed by atoms with Gasteiger partial charge in [0.25, 0.3) is 0 Å². The first-order valence-corrected chi connectivity index (χ1v) is 12.6. The number of phenols is 1. The number of aromatic hydroxyl groups is 1. The number of anilines is 3. The minimum Gasteiger partial charge on any atom is -0.507 e. The summed E-state index contributed by atoms with van der Waals surface area (Å²) in [4.78, 5) is 13.6. The Balaban J connectivity index is 1.32. The molecule has 1 fully saturated rings. The van der Waals surface area contributed by atoms with Gasteiger partial charge in [0.05, 0.1) is 17.1 Å². The predicted molar refractivity (Wildman–Crippen MR) is 148 cm³/mol. The van der Waals surface area contributed by atoms with E-state index in [1.165, 1.54) is 0 Å². The zero-order valence-corrected chi connectivity index (χ0v) is 21.8. The number of nitrogens with zero attached hydrogens (tertiary/aromatic N) is 8. The summed E-state index contributed by atoms with van der Waals surface area (Å²) in [5.41, 5.74) is 10.3. The summed E-state index contributed by atoms with van der Waals surface area (Å²) in [5, 5.41) is 23.1. The Bertz CT molecular complexity index is 1500. The number of nitrogens with two attached hydrogens (primary N) is 1. The maximum Gasteiger partial charge on any atom is 0.206 e. The van der Waals surface area contributed by atoms with Crippen molar-refractivity contribution in [3.8, 4) is 28.8 Å². The van der Waals surface area contributed by atoms with Crippen molar-refractivity contribution >= 4 is 17.3 Å². The van der Waals surface area contributed by atoms with Gasteiger partial charge in [-0.05, 0) is 63.4 Å². The smallest absolute Gasteiger partial charge is 0.206 e. The van der Waals surface area contributed by atoms with E-state index >= 15 is 0 Å². The molecule has 4 heterocycles.